The van der Waals surface area contributed by atoms with Crippen LogP contribution in [0.2, 0.25) is 5.02 Å². The molecular weight excluding hydrogens is 259 g/mol. The van der Waals surface area contributed by atoms with Crippen molar-refractivity contribution in [3.63, 3.8) is 0 Å². The molecule has 0 aliphatic heterocycles. The van der Waals surface area contributed by atoms with Crippen molar-refractivity contribution in [3.8, 4) is 0 Å². The lowest BCUT2D eigenvalue weighted by atomic mass is 10.2. The first kappa shape index (κ1) is 12.8. The van der Waals surface area contributed by atoms with E-state index >= 15 is 0 Å². The molecule has 1 heterocycles. The average Bonchev–Trinajstić information content (AvgIpc) is 2.79. The highest BCUT2D eigenvalue weighted by molar-refractivity contribution is 6.30. The second-order valence-corrected chi connectivity index (χ2v) is 4.05. The van der Waals surface area contributed by atoms with E-state index in [2.05, 4.69) is 15.5 Å². The third-order valence-electron chi connectivity index (χ3n) is 2.25. The highest BCUT2D eigenvalue weighted by Crippen LogP contribution is 2.17. The van der Waals surface area contributed by atoms with Crippen LogP contribution in [0.3, 0.4) is 0 Å². The van der Waals surface area contributed by atoms with E-state index in [-0.39, 0.29) is 5.02 Å². The Morgan fingerprint density at radius 1 is 1.39 bits per heavy atom. The summed E-state index contributed by atoms with van der Waals surface area (Å²) in [6, 6.07) is 4.79. The van der Waals surface area contributed by atoms with Crippen molar-refractivity contribution < 1.29 is 8.81 Å². The molecule has 0 aliphatic rings. The SMILES string of the molecule is NCCc1nnc(NCc2ccc(F)c(Cl)c2)o1. The zero-order valence-corrected chi connectivity index (χ0v) is 10.2. The molecule has 18 heavy (non-hydrogen) atoms. The van der Waals surface area contributed by atoms with Crippen LogP contribution in [0.25, 0.3) is 0 Å². The van der Waals surface area contributed by atoms with E-state index in [0.717, 1.165) is 5.56 Å². The molecule has 5 nitrogen and oxygen atoms in total. The van der Waals surface area contributed by atoms with Crippen LogP contribution in [-0.4, -0.2) is 16.7 Å². The normalized spacial score (nSPS) is 10.6. The second-order valence-electron chi connectivity index (χ2n) is 3.64. The molecule has 96 valence electrons. The lowest BCUT2D eigenvalue weighted by molar-refractivity contribution is 0.505. The van der Waals surface area contributed by atoms with Gasteiger partial charge in [0.25, 0.3) is 0 Å². The van der Waals surface area contributed by atoms with Gasteiger partial charge in [0, 0.05) is 19.5 Å². The highest BCUT2D eigenvalue weighted by Gasteiger charge is 2.05. The van der Waals surface area contributed by atoms with Gasteiger partial charge < -0.3 is 15.5 Å². The van der Waals surface area contributed by atoms with Gasteiger partial charge in [0.05, 0.1) is 5.02 Å². The number of hydrogen-bond donors (Lipinski definition) is 2. The first-order valence-electron chi connectivity index (χ1n) is 5.39. The van der Waals surface area contributed by atoms with Crippen LogP contribution in [0, 0.1) is 5.82 Å². The molecular formula is C11H12ClFN4O. The van der Waals surface area contributed by atoms with Gasteiger partial charge in [-0.1, -0.05) is 22.8 Å². The number of halogens is 2. The quantitative estimate of drug-likeness (QED) is 0.869. The Balaban J connectivity index is 1.95. The molecule has 0 unspecified atom stereocenters. The van der Waals surface area contributed by atoms with Gasteiger partial charge in [-0.3, -0.25) is 0 Å². The van der Waals surface area contributed by atoms with Gasteiger partial charge >= 0.3 is 6.01 Å². The maximum atomic E-state index is 12.9. The van der Waals surface area contributed by atoms with Gasteiger partial charge in [-0.15, -0.1) is 5.10 Å². The molecule has 0 bridgehead atoms. The van der Waals surface area contributed by atoms with E-state index in [1.54, 1.807) is 12.1 Å². The van der Waals surface area contributed by atoms with Crippen LogP contribution in [0.1, 0.15) is 11.5 Å². The largest absolute Gasteiger partial charge is 0.408 e. The maximum absolute atomic E-state index is 12.9. The van der Waals surface area contributed by atoms with Gasteiger partial charge in [0.15, 0.2) is 0 Å². The average molecular weight is 271 g/mol. The third kappa shape index (κ3) is 3.18. The van der Waals surface area contributed by atoms with Crippen LogP contribution in [0.5, 0.6) is 0 Å². The number of nitrogens with one attached hydrogen (secondary N) is 1. The topological polar surface area (TPSA) is 77.0 Å². The zero-order chi connectivity index (χ0) is 13.0. The molecule has 2 aromatic rings. The van der Waals surface area contributed by atoms with E-state index in [1.165, 1.54) is 6.07 Å². The van der Waals surface area contributed by atoms with E-state index in [9.17, 15) is 4.39 Å². The Morgan fingerprint density at radius 2 is 2.22 bits per heavy atom. The number of benzene rings is 1. The summed E-state index contributed by atoms with van der Waals surface area (Å²) in [4.78, 5) is 0. The number of nitrogens with zero attached hydrogens (tertiary/aromatic N) is 2. The van der Waals surface area contributed by atoms with Crippen LogP contribution in [0.15, 0.2) is 22.6 Å². The zero-order valence-electron chi connectivity index (χ0n) is 9.49. The lowest BCUT2D eigenvalue weighted by Gasteiger charge is -2.02. The first-order valence-corrected chi connectivity index (χ1v) is 5.77. The fourth-order valence-electron chi connectivity index (χ4n) is 1.38. The summed E-state index contributed by atoms with van der Waals surface area (Å²) in [5.41, 5.74) is 6.19. The van der Waals surface area contributed by atoms with Gasteiger partial charge in [0.2, 0.25) is 5.89 Å². The van der Waals surface area contributed by atoms with Gasteiger partial charge in [0.1, 0.15) is 5.82 Å². The Labute approximate surface area is 108 Å². The molecule has 7 heteroatoms. The van der Waals surface area contributed by atoms with Gasteiger partial charge in [-0.25, -0.2) is 4.39 Å². The summed E-state index contributed by atoms with van der Waals surface area (Å²) >= 11 is 5.67. The molecule has 0 saturated carbocycles. The van der Waals surface area contributed by atoms with Gasteiger partial charge in [-0.2, -0.15) is 0 Å². The molecule has 0 radical (unpaired) electrons. The van der Waals surface area contributed by atoms with E-state index in [1.807, 2.05) is 0 Å². The van der Waals surface area contributed by atoms with Crippen molar-refractivity contribution in [1.29, 1.82) is 0 Å². The fourth-order valence-corrected chi connectivity index (χ4v) is 1.58. The number of aromatic nitrogens is 2. The van der Waals surface area contributed by atoms with Crippen molar-refractivity contribution in [2.45, 2.75) is 13.0 Å². The number of rotatable bonds is 5. The third-order valence-corrected chi connectivity index (χ3v) is 2.54. The Kier molecular flexibility index (Phi) is 4.11. The Morgan fingerprint density at radius 3 is 2.94 bits per heavy atom. The van der Waals surface area contributed by atoms with Gasteiger partial charge in [-0.05, 0) is 17.7 Å². The summed E-state index contributed by atoms with van der Waals surface area (Å²) in [6.07, 6.45) is 0.539. The Hall–Kier alpha value is -1.66. The number of nitrogens with two attached hydrogens (primary N) is 1. The molecule has 0 saturated heterocycles. The number of anilines is 1. The molecule has 1 aromatic carbocycles. The molecule has 1 aromatic heterocycles. The molecule has 0 aliphatic carbocycles. The van der Waals surface area contributed by atoms with Crippen molar-refractivity contribution in [2.75, 3.05) is 11.9 Å². The number of hydrogen-bond acceptors (Lipinski definition) is 5. The standard InChI is InChI=1S/C11H12ClFN4O/c12-8-5-7(1-2-9(8)13)6-15-11-17-16-10(18-11)3-4-14/h1-2,5H,3-4,6,14H2,(H,15,17). The summed E-state index contributed by atoms with van der Waals surface area (Å²) in [7, 11) is 0. The van der Waals surface area contributed by atoms with Crippen molar-refractivity contribution in [1.82, 2.24) is 10.2 Å². The molecule has 3 N–H and O–H groups in total. The minimum absolute atomic E-state index is 0.0867. The van der Waals surface area contributed by atoms with Crippen LogP contribution >= 0.6 is 11.6 Å². The maximum Gasteiger partial charge on any atom is 0.315 e. The van der Waals surface area contributed by atoms with Crippen molar-refractivity contribution in [3.05, 3.63) is 40.5 Å². The molecule has 2 rings (SSSR count). The minimum atomic E-state index is -0.441. The van der Waals surface area contributed by atoms with E-state index < -0.39 is 5.82 Å². The minimum Gasteiger partial charge on any atom is -0.408 e. The highest BCUT2D eigenvalue weighted by atomic mass is 35.5. The molecule has 0 fully saturated rings. The summed E-state index contributed by atoms with van der Waals surface area (Å²) in [6.45, 7) is 0.874. The lowest BCUT2D eigenvalue weighted by Crippen LogP contribution is -2.02. The molecule has 0 amide bonds. The van der Waals surface area contributed by atoms with Crippen molar-refractivity contribution >= 4 is 17.6 Å². The Bertz CT molecular complexity index is 532. The predicted molar refractivity (Wildman–Crippen MR) is 65.8 cm³/mol. The van der Waals surface area contributed by atoms with Crippen LogP contribution in [-0.2, 0) is 13.0 Å². The second kappa shape index (κ2) is 5.79. The van der Waals surface area contributed by atoms with Crippen LogP contribution < -0.4 is 11.1 Å². The molecule has 0 atom stereocenters. The fraction of sp³-hybridized carbons (Fsp3) is 0.273. The predicted octanol–water partition coefficient (Wildman–Crippen LogP) is 1.98. The first-order chi connectivity index (χ1) is 8.69. The summed E-state index contributed by atoms with van der Waals surface area (Å²) < 4.78 is 18.2. The summed E-state index contributed by atoms with van der Waals surface area (Å²) in [5.74, 6) is 0.0422. The van der Waals surface area contributed by atoms with Crippen LogP contribution in [0.4, 0.5) is 10.4 Å². The van der Waals surface area contributed by atoms with Crippen molar-refractivity contribution in [2.24, 2.45) is 5.73 Å². The smallest absolute Gasteiger partial charge is 0.315 e. The van der Waals surface area contributed by atoms with E-state index in [4.69, 9.17) is 21.8 Å². The monoisotopic (exact) mass is 270 g/mol. The van der Waals surface area contributed by atoms with E-state index in [0.29, 0.717) is 31.4 Å². The molecule has 0 spiro atoms. The summed E-state index contributed by atoms with van der Waals surface area (Å²) in [5, 5.41) is 10.6.